The van der Waals surface area contributed by atoms with Gasteiger partial charge in [-0.25, -0.2) is 4.79 Å². The molecule has 1 saturated heterocycles. The van der Waals surface area contributed by atoms with Crippen LogP contribution in [0.2, 0.25) is 0 Å². The van der Waals surface area contributed by atoms with Crippen LogP contribution in [0.25, 0.3) is 0 Å². The van der Waals surface area contributed by atoms with E-state index in [4.69, 9.17) is 4.74 Å². The van der Waals surface area contributed by atoms with Crippen LogP contribution in [0, 0.1) is 0 Å². The minimum Gasteiger partial charge on any atom is -0.489 e. The highest BCUT2D eigenvalue weighted by atomic mass is 16.5. The first kappa shape index (κ1) is 17.0. The fourth-order valence-corrected chi connectivity index (χ4v) is 2.97. The molecule has 130 valence electrons. The summed E-state index contributed by atoms with van der Waals surface area (Å²) in [5.41, 5.74) is 0.726. The van der Waals surface area contributed by atoms with E-state index in [2.05, 4.69) is 0 Å². The van der Waals surface area contributed by atoms with E-state index >= 15 is 0 Å². The van der Waals surface area contributed by atoms with Crippen molar-refractivity contribution in [2.75, 3.05) is 6.54 Å². The molecule has 0 spiro atoms. The molecule has 2 aromatic rings. The highest BCUT2D eigenvalue weighted by molar-refractivity contribution is 5.89. The lowest BCUT2D eigenvalue weighted by molar-refractivity contribution is -0.168. The highest BCUT2D eigenvalue weighted by Gasteiger charge is 2.49. The van der Waals surface area contributed by atoms with Crippen molar-refractivity contribution in [2.24, 2.45) is 0 Å². The van der Waals surface area contributed by atoms with Gasteiger partial charge in [-0.2, -0.15) is 0 Å². The van der Waals surface area contributed by atoms with Gasteiger partial charge in [-0.15, -0.1) is 0 Å². The molecule has 1 aliphatic rings. The Kier molecular flexibility index (Phi) is 4.74. The molecular weight excluding hydrogens is 318 g/mol. The zero-order valence-corrected chi connectivity index (χ0v) is 14.1. The van der Waals surface area contributed by atoms with Crippen molar-refractivity contribution >= 4 is 11.9 Å². The van der Waals surface area contributed by atoms with Gasteiger partial charge >= 0.3 is 5.97 Å². The summed E-state index contributed by atoms with van der Waals surface area (Å²) >= 11 is 0. The van der Waals surface area contributed by atoms with Gasteiger partial charge in [0.05, 0.1) is 6.42 Å². The molecule has 0 saturated carbocycles. The summed E-state index contributed by atoms with van der Waals surface area (Å²) in [6.07, 6.45) is 0.619. The number of hydrogen-bond acceptors (Lipinski definition) is 3. The maximum Gasteiger partial charge on any atom is 0.329 e. The highest BCUT2D eigenvalue weighted by Crippen LogP contribution is 2.32. The van der Waals surface area contributed by atoms with E-state index in [1.54, 1.807) is 6.92 Å². The molecule has 1 N–H and O–H groups in total. The van der Waals surface area contributed by atoms with Gasteiger partial charge in [0.25, 0.3) is 0 Å². The lowest BCUT2D eigenvalue weighted by Crippen LogP contribution is -2.64. The van der Waals surface area contributed by atoms with E-state index in [1.807, 2.05) is 54.6 Å². The van der Waals surface area contributed by atoms with Crippen LogP contribution in [-0.2, 0) is 22.6 Å². The first-order chi connectivity index (χ1) is 12.0. The minimum absolute atomic E-state index is 0.133. The average Bonchev–Trinajstić information content (AvgIpc) is 2.60. The SMILES string of the molecule is CC1(C(=O)O)CCN1C(=O)Cc1ccccc1OCc1ccccc1. The average molecular weight is 339 g/mol. The van der Waals surface area contributed by atoms with Gasteiger partial charge < -0.3 is 14.7 Å². The van der Waals surface area contributed by atoms with Crippen LogP contribution in [0.15, 0.2) is 54.6 Å². The summed E-state index contributed by atoms with van der Waals surface area (Å²) in [7, 11) is 0. The van der Waals surface area contributed by atoms with Crippen LogP contribution in [0.1, 0.15) is 24.5 Å². The number of hydrogen-bond donors (Lipinski definition) is 1. The molecule has 5 heteroatoms. The van der Waals surface area contributed by atoms with Crippen molar-refractivity contribution in [2.45, 2.75) is 31.9 Å². The van der Waals surface area contributed by atoms with Gasteiger partial charge in [0.2, 0.25) is 5.91 Å². The minimum atomic E-state index is -1.09. The first-order valence-corrected chi connectivity index (χ1v) is 8.29. The van der Waals surface area contributed by atoms with Gasteiger partial charge in [-0.1, -0.05) is 48.5 Å². The van der Waals surface area contributed by atoms with Gasteiger partial charge in [-0.3, -0.25) is 4.79 Å². The summed E-state index contributed by atoms with van der Waals surface area (Å²) in [5, 5.41) is 9.32. The third kappa shape index (κ3) is 3.50. The number of aliphatic carboxylic acids is 1. The maximum absolute atomic E-state index is 12.5. The molecule has 1 fully saturated rings. The van der Waals surface area contributed by atoms with E-state index in [1.165, 1.54) is 4.90 Å². The standard InChI is InChI=1S/C20H21NO4/c1-20(19(23)24)11-12-21(20)18(22)13-16-9-5-6-10-17(16)25-14-15-7-3-2-4-8-15/h2-10H,11-14H2,1H3,(H,23,24). The Balaban J connectivity index is 1.69. The van der Waals surface area contributed by atoms with Gasteiger partial charge in [0, 0.05) is 12.1 Å². The number of carboxylic acid groups (broad SMARTS) is 1. The van der Waals surface area contributed by atoms with Crippen LogP contribution in [0.4, 0.5) is 0 Å². The monoisotopic (exact) mass is 339 g/mol. The van der Waals surface area contributed by atoms with Crippen molar-refractivity contribution < 1.29 is 19.4 Å². The number of likely N-dealkylation sites (tertiary alicyclic amines) is 1. The fraction of sp³-hybridized carbons (Fsp3) is 0.300. The van der Waals surface area contributed by atoms with Gasteiger partial charge in [0.1, 0.15) is 17.9 Å². The smallest absolute Gasteiger partial charge is 0.329 e. The second-order valence-electron chi connectivity index (χ2n) is 6.43. The number of amides is 1. The Morgan fingerprint density at radius 1 is 1.12 bits per heavy atom. The van der Waals surface area contributed by atoms with Crippen molar-refractivity contribution in [3.63, 3.8) is 0 Å². The van der Waals surface area contributed by atoms with Crippen LogP contribution >= 0.6 is 0 Å². The van der Waals surface area contributed by atoms with Gasteiger partial charge in [0.15, 0.2) is 0 Å². The van der Waals surface area contributed by atoms with Crippen LogP contribution < -0.4 is 4.74 Å². The zero-order chi connectivity index (χ0) is 17.9. The van der Waals surface area contributed by atoms with E-state index in [9.17, 15) is 14.7 Å². The van der Waals surface area contributed by atoms with Crippen molar-refractivity contribution in [1.29, 1.82) is 0 Å². The van der Waals surface area contributed by atoms with E-state index in [0.29, 0.717) is 25.3 Å². The van der Waals surface area contributed by atoms with E-state index < -0.39 is 11.5 Å². The number of carboxylic acids is 1. The first-order valence-electron chi connectivity index (χ1n) is 8.29. The number of rotatable bonds is 6. The summed E-state index contributed by atoms with van der Waals surface area (Å²) < 4.78 is 5.87. The summed E-state index contributed by atoms with van der Waals surface area (Å²) in [6, 6.07) is 17.2. The van der Waals surface area contributed by atoms with Crippen LogP contribution in [-0.4, -0.2) is 34.0 Å². The normalized spacial score (nSPS) is 19.2. The fourth-order valence-electron chi connectivity index (χ4n) is 2.97. The molecule has 2 aromatic carbocycles. The van der Waals surface area contributed by atoms with Gasteiger partial charge in [-0.05, 0) is 25.0 Å². The number of ether oxygens (including phenoxy) is 1. The molecule has 0 aromatic heterocycles. The summed E-state index contributed by atoms with van der Waals surface area (Å²) in [4.78, 5) is 25.4. The third-order valence-corrected chi connectivity index (χ3v) is 4.73. The molecule has 0 aliphatic carbocycles. The van der Waals surface area contributed by atoms with E-state index in [-0.39, 0.29) is 12.3 Å². The zero-order valence-electron chi connectivity index (χ0n) is 14.1. The summed E-state index contributed by atoms with van der Waals surface area (Å²) in [6.45, 7) is 2.49. The predicted octanol–water partition coefficient (Wildman–Crippen LogP) is 2.88. The molecule has 1 heterocycles. The molecule has 0 bridgehead atoms. The number of benzene rings is 2. The molecule has 25 heavy (non-hydrogen) atoms. The Morgan fingerprint density at radius 3 is 2.44 bits per heavy atom. The second kappa shape index (κ2) is 6.97. The third-order valence-electron chi connectivity index (χ3n) is 4.73. The molecule has 0 radical (unpaired) electrons. The number of carbonyl (C=O) groups is 2. The number of para-hydroxylation sites is 1. The molecule has 1 amide bonds. The maximum atomic E-state index is 12.5. The molecule has 1 aliphatic heterocycles. The van der Waals surface area contributed by atoms with E-state index in [0.717, 1.165) is 11.1 Å². The predicted molar refractivity (Wildman–Crippen MR) is 93.3 cm³/mol. The topological polar surface area (TPSA) is 66.8 Å². The van der Waals surface area contributed by atoms with Crippen molar-refractivity contribution in [1.82, 2.24) is 4.90 Å². The lowest BCUT2D eigenvalue weighted by Gasteiger charge is -2.47. The quantitative estimate of drug-likeness (QED) is 0.879. The summed E-state index contributed by atoms with van der Waals surface area (Å²) in [5.74, 6) is -0.495. The Morgan fingerprint density at radius 2 is 1.80 bits per heavy atom. The lowest BCUT2D eigenvalue weighted by atomic mass is 9.86. The van der Waals surface area contributed by atoms with Crippen LogP contribution in [0.5, 0.6) is 5.75 Å². The molecule has 3 rings (SSSR count). The molecule has 1 unspecified atom stereocenters. The second-order valence-corrected chi connectivity index (χ2v) is 6.43. The number of carbonyl (C=O) groups excluding carboxylic acids is 1. The molecule has 1 atom stereocenters. The Labute approximate surface area is 146 Å². The molecular formula is C20H21NO4. The Hall–Kier alpha value is -2.82. The Bertz CT molecular complexity index is 774. The van der Waals surface area contributed by atoms with Crippen molar-refractivity contribution in [3.8, 4) is 5.75 Å². The largest absolute Gasteiger partial charge is 0.489 e. The number of nitrogens with zero attached hydrogens (tertiary/aromatic N) is 1. The van der Waals surface area contributed by atoms with Crippen molar-refractivity contribution in [3.05, 3.63) is 65.7 Å². The molecule has 5 nitrogen and oxygen atoms in total. The van der Waals surface area contributed by atoms with Crippen LogP contribution in [0.3, 0.4) is 0 Å².